The van der Waals surface area contributed by atoms with Crippen molar-refractivity contribution < 1.29 is 24.2 Å². The first-order valence-electron chi connectivity index (χ1n) is 12.0. The molecule has 7 heteroatoms. The van der Waals surface area contributed by atoms with Crippen molar-refractivity contribution in [2.75, 3.05) is 19.7 Å². The third-order valence-corrected chi connectivity index (χ3v) is 6.18. The molecule has 0 aliphatic heterocycles. The van der Waals surface area contributed by atoms with Gasteiger partial charge >= 0.3 is 12.1 Å². The lowest BCUT2D eigenvalue weighted by Crippen LogP contribution is -2.40. The van der Waals surface area contributed by atoms with E-state index in [0.717, 1.165) is 19.3 Å². The van der Waals surface area contributed by atoms with Crippen LogP contribution in [0.25, 0.3) is 11.1 Å². The minimum atomic E-state index is -0.999. The van der Waals surface area contributed by atoms with Crippen molar-refractivity contribution in [3.63, 3.8) is 0 Å². The summed E-state index contributed by atoms with van der Waals surface area (Å²) < 4.78 is 5.53. The highest BCUT2D eigenvalue weighted by molar-refractivity contribution is 5.81. The van der Waals surface area contributed by atoms with E-state index in [-0.39, 0.29) is 24.4 Å². The largest absolute Gasteiger partial charge is 0.480 e. The summed E-state index contributed by atoms with van der Waals surface area (Å²) in [7, 11) is 0. The predicted molar refractivity (Wildman–Crippen MR) is 131 cm³/mol. The van der Waals surface area contributed by atoms with Gasteiger partial charge in [0.05, 0.1) is 0 Å². The molecule has 0 radical (unpaired) electrons. The standard InChI is InChI=1S/C27H34N2O5/c1-19(2)29(17-26(31)32)25(30)15-5-3-4-10-16-28-27(33)34-18-24-22-13-8-6-11-20(22)21-12-7-9-14-23(21)24/h6-9,11-14,19,24H,3-5,10,15-18H2,1-2H3,(H,28,33)(H,31,32). The zero-order valence-electron chi connectivity index (χ0n) is 20.0. The third kappa shape index (κ3) is 6.59. The zero-order chi connectivity index (χ0) is 24.5. The fraction of sp³-hybridized carbons (Fsp3) is 0.444. The lowest BCUT2D eigenvalue weighted by Gasteiger charge is -2.24. The number of carboxylic acids is 1. The van der Waals surface area contributed by atoms with Crippen LogP contribution in [0.1, 0.15) is 63.0 Å². The van der Waals surface area contributed by atoms with E-state index in [1.807, 2.05) is 38.1 Å². The Balaban J connectivity index is 1.32. The minimum absolute atomic E-state index is 0.0437. The highest BCUT2D eigenvalue weighted by atomic mass is 16.5. The third-order valence-electron chi connectivity index (χ3n) is 6.18. The van der Waals surface area contributed by atoms with E-state index in [9.17, 15) is 14.4 Å². The minimum Gasteiger partial charge on any atom is -0.480 e. The molecule has 0 spiro atoms. The van der Waals surface area contributed by atoms with Gasteiger partial charge in [-0.1, -0.05) is 61.4 Å². The SMILES string of the molecule is CC(C)N(CC(=O)O)C(=O)CCCCCCNC(=O)OCC1c2ccccc2-c2ccccc21. The smallest absolute Gasteiger partial charge is 0.407 e. The second-order valence-corrected chi connectivity index (χ2v) is 8.93. The molecule has 2 aromatic carbocycles. The van der Waals surface area contributed by atoms with Gasteiger partial charge in [0.1, 0.15) is 13.2 Å². The van der Waals surface area contributed by atoms with E-state index >= 15 is 0 Å². The van der Waals surface area contributed by atoms with Crippen LogP contribution in [0.5, 0.6) is 0 Å². The van der Waals surface area contributed by atoms with Crippen molar-refractivity contribution >= 4 is 18.0 Å². The zero-order valence-corrected chi connectivity index (χ0v) is 20.0. The van der Waals surface area contributed by atoms with Gasteiger partial charge in [0.25, 0.3) is 0 Å². The number of benzene rings is 2. The van der Waals surface area contributed by atoms with E-state index in [1.165, 1.54) is 27.2 Å². The van der Waals surface area contributed by atoms with Gasteiger partial charge in [-0.2, -0.15) is 0 Å². The maximum absolute atomic E-state index is 12.2. The molecule has 34 heavy (non-hydrogen) atoms. The molecule has 0 unspecified atom stereocenters. The Bertz CT molecular complexity index is 959. The van der Waals surface area contributed by atoms with E-state index < -0.39 is 12.1 Å². The Kier molecular flexibility index (Phi) is 9.08. The molecule has 7 nitrogen and oxygen atoms in total. The second-order valence-electron chi connectivity index (χ2n) is 8.93. The number of unbranched alkanes of at least 4 members (excludes halogenated alkanes) is 3. The summed E-state index contributed by atoms with van der Waals surface area (Å²) in [6, 6.07) is 16.3. The molecule has 2 aromatic rings. The maximum Gasteiger partial charge on any atom is 0.407 e. The first-order valence-corrected chi connectivity index (χ1v) is 12.0. The lowest BCUT2D eigenvalue weighted by atomic mass is 9.98. The Morgan fingerprint density at radius 1 is 0.941 bits per heavy atom. The van der Waals surface area contributed by atoms with E-state index in [2.05, 4.69) is 29.6 Å². The van der Waals surface area contributed by atoms with Gasteiger partial charge in [0.15, 0.2) is 0 Å². The molecule has 1 aliphatic rings. The lowest BCUT2D eigenvalue weighted by molar-refractivity contribution is -0.145. The molecule has 3 rings (SSSR count). The molecule has 0 saturated heterocycles. The maximum atomic E-state index is 12.2. The van der Waals surface area contributed by atoms with Gasteiger partial charge < -0.3 is 20.1 Å². The first-order chi connectivity index (χ1) is 16.4. The number of carbonyl (C=O) groups is 3. The molecule has 1 aliphatic carbocycles. The van der Waals surface area contributed by atoms with Gasteiger partial charge in [0.2, 0.25) is 5.91 Å². The molecule has 182 valence electrons. The second kappa shape index (κ2) is 12.2. The number of nitrogens with one attached hydrogen (secondary N) is 1. The molecular formula is C27H34N2O5. The molecule has 0 saturated carbocycles. The number of aliphatic carboxylic acids is 1. The van der Waals surface area contributed by atoms with Crippen molar-refractivity contribution in [2.45, 2.75) is 57.9 Å². The molecule has 0 heterocycles. The molecule has 2 N–H and O–H groups in total. The predicted octanol–water partition coefficient (Wildman–Crippen LogP) is 4.80. The number of rotatable bonds is 12. The average Bonchev–Trinajstić information content (AvgIpc) is 3.14. The fourth-order valence-corrected chi connectivity index (χ4v) is 4.44. The Morgan fingerprint density at radius 2 is 1.53 bits per heavy atom. The molecule has 0 aromatic heterocycles. The van der Waals surface area contributed by atoms with Crippen molar-refractivity contribution in [1.82, 2.24) is 10.2 Å². The van der Waals surface area contributed by atoms with Crippen LogP contribution < -0.4 is 5.32 Å². The van der Waals surface area contributed by atoms with Crippen LogP contribution in [0, 0.1) is 0 Å². The van der Waals surface area contributed by atoms with Crippen molar-refractivity contribution in [3.05, 3.63) is 59.7 Å². The first kappa shape index (κ1) is 25.3. The number of alkyl carbamates (subject to hydrolysis) is 1. The normalized spacial score (nSPS) is 12.2. The summed E-state index contributed by atoms with van der Waals surface area (Å²) >= 11 is 0. The molecule has 2 amide bonds. The quantitative estimate of drug-likeness (QED) is 0.438. The number of carbonyl (C=O) groups excluding carboxylic acids is 2. The number of fused-ring (bicyclic) bond motifs is 3. The monoisotopic (exact) mass is 466 g/mol. The Morgan fingerprint density at radius 3 is 2.12 bits per heavy atom. The van der Waals surface area contributed by atoms with Crippen LogP contribution in [0.3, 0.4) is 0 Å². The topological polar surface area (TPSA) is 95.9 Å². The summed E-state index contributed by atoms with van der Waals surface area (Å²) in [4.78, 5) is 36.7. The molecular weight excluding hydrogens is 432 g/mol. The summed E-state index contributed by atoms with van der Waals surface area (Å²) in [5.41, 5.74) is 4.77. The highest BCUT2D eigenvalue weighted by Crippen LogP contribution is 2.44. The number of nitrogens with zero attached hydrogens (tertiary/aromatic N) is 1. The Labute approximate surface area is 201 Å². The molecule has 0 fully saturated rings. The van der Waals surface area contributed by atoms with Crippen molar-refractivity contribution in [1.29, 1.82) is 0 Å². The van der Waals surface area contributed by atoms with Crippen LogP contribution in [0.15, 0.2) is 48.5 Å². The molecule has 0 atom stereocenters. The van der Waals surface area contributed by atoms with E-state index in [4.69, 9.17) is 9.84 Å². The fourth-order valence-electron chi connectivity index (χ4n) is 4.44. The van der Waals surface area contributed by atoms with Gasteiger partial charge in [-0.05, 0) is 48.9 Å². The molecule has 0 bridgehead atoms. The van der Waals surface area contributed by atoms with Gasteiger partial charge in [-0.25, -0.2) is 4.79 Å². The Hall–Kier alpha value is -3.35. The van der Waals surface area contributed by atoms with Crippen LogP contribution in [-0.2, 0) is 14.3 Å². The average molecular weight is 467 g/mol. The van der Waals surface area contributed by atoms with Crippen LogP contribution in [0.2, 0.25) is 0 Å². The highest BCUT2D eigenvalue weighted by Gasteiger charge is 2.28. The van der Waals surface area contributed by atoms with Gasteiger partial charge in [-0.3, -0.25) is 9.59 Å². The summed E-state index contributed by atoms with van der Waals surface area (Å²) in [5, 5.41) is 11.8. The van der Waals surface area contributed by atoms with Crippen LogP contribution in [-0.4, -0.2) is 53.7 Å². The number of ether oxygens (including phenoxy) is 1. The number of amides is 2. The van der Waals surface area contributed by atoms with Crippen molar-refractivity contribution in [3.8, 4) is 11.1 Å². The van der Waals surface area contributed by atoms with Gasteiger partial charge in [0, 0.05) is 24.9 Å². The summed E-state index contributed by atoms with van der Waals surface area (Å²) in [5.74, 6) is -1.09. The number of carboxylic acid groups (broad SMARTS) is 1. The summed E-state index contributed by atoms with van der Waals surface area (Å²) in [6.07, 6.45) is 3.13. The van der Waals surface area contributed by atoms with E-state index in [1.54, 1.807) is 0 Å². The van der Waals surface area contributed by atoms with E-state index in [0.29, 0.717) is 26.0 Å². The van der Waals surface area contributed by atoms with Crippen LogP contribution >= 0.6 is 0 Å². The van der Waals surface area contributed by atoms with Crippen LogP contribution in [0.4, 0.5) is 4.79 Å². The van der Waals surface area contributed by atoms with Gasteiger partial charge in [-0.15, -0.1) is 0 Å². The summed E-state index contributed by atoms with van der Waals surface area (Å²) in [6.45, 7) is 4.18. The number of hydrogen-bond donors (Lipinski definition) is 2. The number of hydrogen-bond acceptors (Lipinski definition) is 4. The van der Waals surface area contributed by atoms with Crippen molar-refractivity contribution in [2.24, 2.45) is 0 Å².